The largest absolute Gasteiger partial charge is 0.467 e. The number of ether oxygens (including phenoxy) is 3. The third-order valence-electron chi connectivity index (χ3n) is 5.14. The maximum absolute atomic E-state index is 13.1. The van der Waals surface area contributed by atoms with E-state index >= 15 is 0 Å². The van der Waals surface area contributed by atoms with Crippen LogP contribution in [0.1, 0.15) is 53.0 Å². The lowest BCUT2D eigenvalue weighted by Crippen LogP contribution is -2.48. The Balaban J connectivity index is 2.73. The van der Waals surface area contributed by atoms with E-state index in [0.717, 1.165) is 5.56 Å². The van der Waals surface area contributed by atoms with Gasteiger partial charge in [0.1, 0.15) is 18.2 Å². The molecule has 2 unspecified atom stereocenters. The van der Waals surface area contributed by atoms with Gasteiger partial charge >= 0.3 is 11.9 Å². The fourth-order valence-corrected chi connectivity index (χ4v) is 5.59. The number of esters is 2. The first-order valence-electron chi connectivity index (χ1n) is 12.5. The van der Waals surface area contributed by atoms with Crippen molar-refractivity contribution in [1.29, 1.82) is 0 Å². The van der Waals surface area contributed by atoms with Crippen LogP contribution in [0.2, 0.25) is 0 Å². The monoisotopic (exact) mass is 570 g/mol. The average Bonchev–Trinajstić information content (AvgIpc) is 2.85. The van der Waals surface area contributed by atoms with E-state index in [-0.39, 0.29) is 41.8 Å². The first kappa shape index (κ1) is 33.8. The number of benzene rings is 1. The van der Waals surface area contributed by atoms with Gasteiger partial charge in [-0.3, -0.25) is 9.59 Å². The third-order valence-corrected chi connectivity index (χ3v) is 7.56. The maximum atomic E-state index is 13.1. The molecule has 0 radical (unpaired) electrons. The number of hydrogen-bond acceptors (Lipinski definition) is 9. The van der Waals surface area contributed by atoms with E-state index in [4.69, 9.17) is 14.2 Å². The van der Waals surface area contributed by atoms with Crippen LogP contribution < -0.4 is 10.6 Å². The Hall–Kier alpha value is -2.24. The number of methoxy groups -OCH3 is 2. The molecule has 1 aromatic carbocycles. The molecule has 1 aromatic rings. The van der Waals surface area contributed by atoms with E-state index in [1.165, 1.54) is 35.8 Å². The van der Waals surface area contributed by atoms with Crippen molar-refractivity contribution in [2.75, 3.05) is 25.7 Å². The Bertz CT molecular complexity index is 891. The molecule has 0 heterocycles. The normalized spacial score (nSPS) is 13.8. The second-order valence-corrected chi connectivity index (χ2v) is 13.0. The van der Waals surface area contributed by atoms with Gasteiger partial charge in [-0.1, -0.05) is 86.5 Å². The van der Waals surface area contributed by atoms with Crippen LogP contribution in [-0.4, -0.2) is 67.7 Å². The van der Waals surface area contributed by atoms with E-state index in [1.54, 1.807) is 0 Å². The molecule has 0 aliphatic carbocycles. The van der Waals surface area contributed by atoms with E-state index in [0.29, 0.717) is 6.42 Å². The summed E-state index contributed by atoms with van der Waals surface area (Å²) in [6.45, 7) is 10.1. The molecule has 0 bridgehead atoms. The number of carbonyl (C=O) groups is 4. The summed E-state index contributed by atoms with van der Waals surface area (Å²) >= 11 is 0. The van der Waals surface area contributed by atoms with E-state index in [2.05, 4.69) is 10.6 Å². The van der Waals surface area contributed by atoms with Crippen LogP contribution in [0, 0.1) is 11.3 Å². The fraction of sp³-hybridized carbons (Fsp3) is 0.630. The molecule has 2 amide bonds. The molecule has 38 heavy (non-hydrogen) atoms. The van der Waals surface area contributed by atoms with E-state index in [9.17, 15) is 19.2 Å². The van der Waals surface area contributed by atoms with Gasteiger partial charge in [0.2, 0.25) is 11.8 Å². The molecular formula is C27H42N2O7S2. The Kier molecular flexibility index (Phi) is 15.4. The highest BCUT2D eigenvalue weighted by Gasteiger charge is 2.29. The summed E-state index contributed by atoms with van der Waals surface area (Å²) in [6.07, 6.45) is 0.0177. The van der Waals surface area contributed by atoms with Gasteiger partial charge in [-0.2, -0.15) is 0 Å². The Labute approximate surface area is 234 Å². The van der Waals surface area contributed by atoms with Gasteiger partial charge in [0, 0.05) is 17.9 Å². The van der Waals surface area contributed by atoms with Gasteiger partial charge in [0.25, 0.3) is 0 Å². The van der Waals surface area contributed by atoms with Gasteiger partial charge in [0.15, 0.2) is 0 Å². The summed E-state index contributed by atoms with van der Waals surface area (Å²) in [7, 11) is 5.09. The quantitative estimate of drug-likeness (QED) is 0.174. The van der Waals surface area contributed by atoms with Crippen molar-refractivity contribution in [2.24, 2.45) is 11.3 Å². The molecule has 0 saturated carbocycles. The summed E-state index contributed by atoms with van der Waals surface area (Å²) < 4.78 is 15.6. The van der Waals surface area contributed by atoms with Crippen molar-refractivity contribution in [1.82, 2.24) is 10.6 Å². The zero-order chi connectivity index (χ0) is 28.7. The van der Waals surface area contributed by atoms with E-state index < -0.39 is 36.0 Å². The van der Waals surface area contributed by atoms with Crippen LogP contribution in [-0.2, 0) is 40.0 Å². The van der Waals surface area contributed by atoms with Crippen LogP contribution in [0.5, 0.6) is 0 Å². The average molecular weight is 571 g/mol. The highest BCUT2D eigenvalue weighted by atomic mass is 33.1. The second-order valence-electron chi connectivity index (χ2n) is 10.4. The molecule has 0 spiro atoms. The van der Waals surface area contributed by atoms with Gasteiger partial charge in [0.05, 0.1) is 20.8 Å². The summed E-state index contributed by atoms with van der Waals surface area (Å²) in [4.78, 5) is 49.9. The molecule has 9 nitrogen and oxygen atoms in total. The second kappa shape index (κ2) is 17.4. The SMILES string of the molecule is COC(=O)C(CSSCC(NC(=O)[C@@H](CC(C)C)OCc1ccccc1)C(=O)OC)NC(=O)CC(C)(C)C. The van der Waals surface area contributed by atoms with Crippen molar-refractivity contribution < 1.29 is 33.4 Å². The zero-order valence-electron chi connectivity index (χ0n) is 23.4. The van der Waals surface area contributed by atoms with Gasteiger partial charge in [-0.05, 0) is 23.3 Å². The summed E-state index contributed by atoms with van der Waals surface area (Å²) in [5.74, 6) is -1.15. The van der Waals surface area contributed by atoms with Crippen LogP contribution in [0.4, 0.5) is 0 Å². The number of hydrogen-bond donors (Lipinski definition) is 2. The van der Waals surface area contributed by atoms with Crippen molar-refractivity contribution >= 4 is 45.3 Å². The molecule has 214 valence electrons. The lowest BCUT2D eigenvalue weighted by atomic mass is 9.92. The number of rotatable bonds is 16. The van der Waals surface area contributed by atoms with Crippen LogP contribution in [0.3, 0.4) is 0 Å². The van der Waals surface area contributed by atoms with Gasteiger partial charge in [-0.25, -0.2) is 9.59 Å². The zero-order valence-corrected chi connectivity index (χ0v) is 25.0. The number of nitrogens with one attached hydrogen (secondary N) is 2. The lowest BCUT2D eigenvalue weighted by Gasteiger charge is -2.23. The molecule has 2 N–H and O–H groups in total. The minimum absolute atomic E-state index is 0.194. The summed E-state index contributed by atoms with van der Waals surface area (Å²) in [5.41, 5.74) is 0.719. The molecular weight excluding hydrogens is 528 g/mol. The Morgan fingerprint density at radius 3 is 1.87 bits per heavy atom. The van der Waals surface area contributed by atoms with Gasteiger partial charge < -0.3 is 24.8 Å². The van der Waals surface area contributed by atoms with Crippen LogP contribution in [0.25, 0.3) is 0 Å². The van der Waals surface area contributed by atoms with Crippen LogP contribution >= 0.6 is 21.6 Å². The molecule has 3 atom stereocenters. The van der Waals surface area contributed by atoms with Crippen molar-refractivity contribution in [3.05, 3.63) is 35.9 Å². The molecule has 0 saturated heterocycles. The van der Waals surface area contributed by atoms with Gasteiger partial charge in [-0.15, -0.1) is 0 Å². The predicted molar refractivity (Wildman–Crippen MR) is 151 cm³/mol. The predicted octanol–water partition coefficient (Wildman–Crippen LogP) is 3.75. The first-order valence-corrected chi connectivity index (χ1v) is 15.0. The number of amides is 2. The molecule has 0 fully saturated rings. The topological polar surface area (TPSA) is 120 Å². The highest BCUT2D eigenvalue weighted by molar-refractivity contribution is 8.76. The van der Waals surface area contributed by atoms with Crippen molar-refractivity contribution in [3.8, 4) is 0 Å². The summed E-state index contributed by atoms with van der Waals surface area (Å²) in [6, 6.07) is 7.81. The maximum Gasteiger partial charge on any atom is 0.329 e. The molecule has 0 aliphatic heterocycles. The standard InChI is InChI=1S/C27H42N2O7S2/c1-18(2)13-22(36-15-19-11-9-8-10-12-19)24(31)29-21(26(33)35-7)17-38-37-16-20(25(32)34-6)28-23(30)14-27(3,4)5/h8-12,18,20-22H,13-17H2,1-7H3,(H,28,30)(H,29,31)/t20?,21?,22-/m1/s1. The minimum atomic E-state index is -0.910. The molecule has 11 heteroatoms. The summed E-state index contributed by atoms with van der Waals surface area (Å²) in [5, 5.41) is 5.47. The highest BCUT2D eigenvalue weighted by Crippen LogP contribution is 2.24. The Morgan fingerprint density at radius 1 is 0.868 bits per heavy atom. The van der Waals surface area contributed by atoms with E-state index in [1.807, 2.05) is 65.0 Å². The smallest absolute Gasteiger partial charge is 0.329 e. The Morgan fingerprint density at radius 2 is 1.39 bits per heavy atom. The lowest BCUT2D eigenvalue weighted by molar-refractivity contribution is -0.146. The number of carbonyl (C=O) groups excluding carboxylic acids is 4. The van der Waals surface area contributed by atoms with Crippen LogP contribution in [0.15, 0.2) is 30.3 Å². The van der Waals surface area contributed by atoms with Crippen molar-refractivity contribution in [3.63, 3.8) is 0 Å². The van der Waals surface area contributed by atoms with Crippen molar-refractivity contribution in [2.45, 2.75) is 72.3 Å². The minimum Gasteiger partial charge on any atom is -0.467 e. The molecule has 1 rings (SSSR count). The first-order chi connectivity index (χ1) is 17.9. The molecule has 0 aromatic heterocycles. The fourth-order valence-electron chi connectivity index (χ4n) is 3.30. The third kappa shape index (κ3) is 14.1. The molecule has 0 aliphatic rings.